The molecule has 0 atom stereocenters. The molecule has 0 fully saturated rings. The molecule has 0 saturated carbocycles. The Balaban J connectivity index is 0.000000343. The minimum atomic E-state index is -1.25. The van der Waals surface area contributed by atoms with Gasteiger partial charge < -0.3 is 10.6 Å². The Labute approximate surface area is 142 Å². The van der Waals surface area contributed by atoms with E-state index >= 15 is 0 Å². The molecule has 0 saturated heterocycles. The number of rotatable bonds is 4. The third-order valence-corrected chi connectivity index (χ3v) is 2.64. The Morgan fingerprint density at radius 3 is 1.58 bits per heavy atom. The first-order chi connectivity index (χ1) is 11.6. The number of nitrogens with zero attached hydrogens (tertiary/aromatic N) is 2. The van der Waals surface area contributed by atoms with Gasteiger partial charge >= 0.3 is 12.2 Å². The van der Waals surface area contributed by atoms with Crippen LogP contribution in [0.15, 0.2) is 74.3 Å². The quantitative estimate of drug-likeness (QED) is 0.505. The number of carbonyl (C=O) groups is 1. The Morgan fingerprint density at radius 2 is 1.33 bits per heavy atom. The molecule has 0 aliphatic carbocycles. The molecule has 0 aromatic heterocycles. The lowest BCUT2D eigenvalue weighted by atomic mass is 10.1. The van der Waals surface area contributed by atoms with E-state index in [4.69, 9.17) is 10.6 Å². The Hall–Kier alpha value is -3.49. The summed E-state index contributed by atoms with van der Waals surface area (Å²) in [5.74, 6) is -1.25. The maximum atomic E-state index is 9.29. The fourth-order valence-electron chi connectivity index (χ4n) is 1.52. The highest BCUT2D eigenvalue weighted by atomic mass is 16.4. The lowest BCUT2D eigenvalue weighted by molar-refractivity contribution is -0.132. The van der Waals surface area contributed by atoms with Crippen LogP contribution in [0.2, 0.25) is 0 Å². The summed E-state index contributed by atoms with van der Waals surface area (Å²) in [7, 11) is 0. The highest BCUT2D eigenvalue weighted by molar-refractivity contribution is 6.19. The molecule has 1 N–H and O–H groups in total. The molecule has 2 aromatic carbocycles. The van der Waals surface area contributed by atoms with Gasteiger partial charge in [0.1, 0.15) is 0 Å². The highest BCUT2D eigenvalue weighted by Gasteiger charge is 1.89. The normalized spacial score (nSPS) is 8.00. The molecular formula is C20H20N2O2. The average molecular weight is 320 g/mol. The zero-order chi connectivity index (χ0) is 18.2. The fourth-order valence-corrected chi connectivity index (χ4v) is 1.52. The molecule has 4 nitrogen and oxygen atoms in total. The maximum absolute atomic E-state index is 9.29. The van der Waals surface area contributed by atoms with Gasteiger partial charge in [-0.25, -0.2) is 4.79 Å². The molecule has 0 amide bonds. The van der Waals surface area contributed by atoms with Gasteiger partial charge in [-0.3, -0.25) is 0 Å². The molecule has 24 heavy (non-hydrogen) atoms. The van der Waals surface area contributed by atoms with Crippen molar-refractivity contribution in [1.29, 1.82) is 0 Å². The van der Waals surface area contributed by atoms with E-state index in [0.717, 1.165) is 11.1 Å². The molecule has 0 heterocycles. The Kier molecular flexibility index (Phi) is 11.3. The second kappa shape index (κ2) is 13.2. The van der Waals surface area contributed by atoms with Crippen LogP contribution in [0.25, 0.3) is 23.8 Å². The van der Waals surface area contributed by atoms with Crippen LogP contribution >= 0.6 is 0 Å². The summed E-state index contributed by atoms with van der Waals surface area (Å²) >= 11 is 0. The SMILES string of the molecule is C=Cc1ccccc1.C=Cc1ccccc1C=C.[N-]=[N+]=CC(=O)O. The summed E-state index contributed by atoms with van der Waals surface area (Å²) in [6, 6.07) is 18.0. The van der Waals surface area contributed by atoms with E-state index in [1.165, 1.54) is 5.56 Å². The maximum Gasteiger partial charge on any atom is 0.411 e. The topological polar surface area (TPSA) is 73.7 Å². The first kappa shape index (κ1) is 20.5. The molecule has 0 bridgehead atoms. The molecule has 0 radical (unpaired) electrons. The summed E-state index contributed by atoms with van der Waals surface area (Å²) in [6.07, 6.45) is 5.88. The molecule has 0 spiro atoms. The van der Waals surface area contributed by atoms with Gasteiger partial charge in [0, 0.05) is 0 Å². The summed E-state index contributed by atoms with van der Waals surface area (Å²) in [4.78, 5) is 11.5. The van der Waals surface area contributed by atoms with Crippen LogP contribution in [0, 0.1) is 0 Å². The van der Waals surface area contributed by atoms with Crippen molar-refractivity contribution in [3.63, 3.8) is 0 Å². The van der Waals surface area contributed by atoms with E-state index in [0.29, 0.717) is 6.21 Å². The molecule has 0 aliphatic heterocycles. The highest BCUT2D eigenvalue weighted by Crippen LogP contribution is 2.10. The van der Waals surface area contributed by atoms with Crippen molar-refractivity contribution in [1.82, 2.24) is 0 Å². The zero-order valence-electron chi connectivity index (χ0n) is 13.4. The van der Waals surface area contributed by atoms with Gasteiger partial charge in [-0.15, -0.1) is 0 Å². The number of hydrogen-bond acceptors (Lipinski definition) is 1. The lowest BCUT2D eigenvalue weighted by Gasteiger charge is -1.96. The molecule has 122 valence electrons. The molecule has 0 unspecified atom stereocenters. The number of carboxylic acid groups (broad SMARTS) is 1. The van der Waals surface area contributed by atoms with Crippen molar-refractivity contribution < 1.29 is 14.7 Å². The van der Waals surface area contributed by atoms with Crippen molar-refractivity contribution in [3.8, 4) is 0 Å². The van der Waals surface area contributed by atoms with Crippen LogP contribution < -0.4 is 0 Å². The van der Waals surface area contributed by atoms with Crippen molar-refractivity contribution in [2.24, 2.45) is 0 Å². The molecule has 0 aliphatic rings. The van der Waals surface area contributed by atoms with Gasteiger partial charge in [-0.05, 0) is 16.7 Å². The van der Waals surface area contributed by atoms with Gasteiger partial charge in [0.25, 0.3) is 0 Å². The van der Waals surface area contributed by atoms with E-state index in [2.05, 4.69) is 24.5 Å². The van der Waals surface area contributed by atoms with Crippen molar-refractivity contribution in [2.75, 3.05) is 0 Å². The average Bonchev–Trinajstić information content (AvgIpc) is 2.63. The first-order valence-electron chi connectivity index (χ1n) is 7.00. The van der Waals surface area contributed by atoms with Crippen LogP contribution in [0.1, 0.15) is 16.7 Å². The van der Waals surface area contributed by atoms with E-state index in [1.807, 2.05) is 72.8 Å². The van der Waals surface area contributed by atoms with E-state index in [1.54, 1.807) is 0 Å². The summed E-state index contributed by atoms with van der Waals surface area (Å²) < 4.78 is 0. The van der Waals surface area contributed by atoms with E-state index in [-0.39, 0.29) is 0 Å². The summed E-state index contributed by atoms with van der Waals surface area (Å²) in [5, 5.41) is 7.60. The van der Waals surface area contributed by atoms with E-state index < -0.39 is 5.97 Å². The minimum Gasteiger partial charge on any atom is -0.473 e. The molecule has 4 heteroatoms. The van der Waals surface area contributed by atoms with Crippen LogP contribution in [0.3, 0.4) is 0 Å². The predicted octanol–water partition coefficient (Wildman–Crippen LogP) is 4.67. The van der Waals surface area contributed by atoms with Crippen LogP contribution in [-0.2, 0) is 4.79 Å². The molecule has 2 rings (SSSR count). The fraction of sp³-hybridized carbons (Fsp3) is 0. The second-order valence-corrected chi connectivity index (χ2v) is 4.23. The lowest BCUT2D eigenvalue weighted by Crippen LogP contribution is -1.94. The minimum absolute atomic E-state index is 0.389. The smallest absolute Gasteiger partial charge is 0.411 e. The van der Waals surface area contributed by atoms with Gasteiger partial charge in [0.05, 0.1) is 0 Å². The third kappa shape index (κ3) is 9.45. The Morgan fingerprint density at radius 1 is 0.875 bits per heavy atom. The second-order valence-electron chi connectivity index (χ2n) is 4.23. The van der Waals surface area contributed by atoms with Crippen LogP contribution in [0.4, 0.5) is 0 Å². The van der Waals surface area contributed by atoms with Crippen molar-refractivity contribution >= 4 is 30.4 Å². The first-order valence-corrected chi connectivity index (χ1v) is 7.00. The molecule has 2 aromatic rings. The van der Waals surface area contributed by atoms with Gasteiger partial charge in [-0.1, -0.05) is 92.6 Å². The summed E-state index contributed by atoms with van der Waals surface area (Å²) in [5.41, 5.74) is 10.9. The number of hydrogen-bond donors (Lipinski definition) is 1. The summed E-state index contributed by atoms with van der Waals surface area (Å²) in [6.45, 7) is 11.0. The van der Waals surface area contributed by atoms with Crippen LogP contribution in [0.5, 0.6) is 0 Å². The predicted molar refractivity (Wildman–Crippen MR) is 100 cm³/mol. The van der Waals surface area contributed by atoms with E-state index in [9.17, 15) is 4.79 Å². The Bertz CT molecular complexity index is 688. The number of benzene rings is 2. The standard InChI is InChI=1S/C10H10.C8H8.C2H2N2O2/c1-3-9-7-5-6-8-10(9)4-2;1-2-8-6-4-3-5-7-8;3-4-1-2(5)6/h3-8H,1-2H2;2-7H,1H2;1H,(H,5,6). The van der Waals surface area contributed by atoms with Gasteiger partial charge in [0.15, 0.2) is 0 Å². The third-order valence-electron chi connectivity index (χ3n) is 2.64. The van der Waals surface area contributed by atoms with Crippen LogP contribution in [-0.4, -0.2) is 22.1 Å². The van der Waals surface area contributed by atoms with Gasteiger partial charge in [0.2, 0.25) is 0 Å². The molecular weight excluding hydrogens is 300 g/mol. The largest absolute Gasteiger partial charge is 0.473 e. The van der Waals surface area contributed by atoms with Crippen molar-refractivity contribution in [2.45, 2.75) is 0 Å². The number of aliphatic carboxylic acids is 1. The van der Waals surface area contributed by atoms with Gasteiger partial charge in [-0.2, -0.15) is 4.79 Å². The zero-order valence-corrected chi connectivity index (χ0v) is 13.4. The van der Waals surface area contributed by atoms with Crippen molar-refractivity contribution in [3.05, 3.63) is 96.6 Å². The monoisotopic (exact) mass is 320 g/mol. The number of carboxylic acids is 1.